The zero-order valence-electron chi connectivity index (χ0n) is 15.7. The Morgan fingerprint density at radius 3 is 2.83 bits per heavy atom. The molecule has 1 aromatic heterocycles. The Morgan fingerprint density at radius 1 is 1.03 bits per heavy atom. The monoisotopic (exact) mass is 389 g/mol. The second kappa shape index (κ2) is 7.09. The van der Waals surface area contributed by atoms with Crippen LogP contribution in [0.1, 0.15) is 12.0 Å². The van der Waals surface area contributed by atoms with Gasteiger partial charge >= 0.3 is 0 Å². The molecule has 29 heavy (non-hydrogen) atoms. The number of benzene rings is 2. The molecule has 3 aromatic rings. The Labute approximate surface area is 167 Å². The molecule has 0 N–H and O–H groups in total. The predicted octanol–water partition coefficient (Wildman–Crippen LogP) is 2.62. The first kappa shape index (κ1) is 17.5. The normalized spacial score (nSPS) is 14.6. The molecule has 0 saturated heterocycles. The van der Waals surface area contributed by atoms with E-state index in [2.05, 4.69) is 5.10 Å². The van der Waals surface area contributed by atoms with Crippen molar-refractivity contribution in [3.63, 3.8) is 0 Å². The number of fused-ring (bicyclic) bond motifs is 2. The van der Waals surface area contributed by atoms with Gasteiger partial charge in [-0.1, -0.05) is 18.2 Å². The second-order valence-corrected chi connectivity index (χ2v) is 7.06. The summed E-state index contributed by atoms with van der Waals surface area (Å²) in [6.07, 6.45) is 1.86. The molecule has 2 aliphatic heterocycles. The fraction of sp³-hybridized carbons (Fsp3) is 0.227. The van der Waals surface area contributed by atoms with E-state index in [1.165, 1.54) is 10.7 Å². The van der Waals surface area contributed by atoms with Crippen LogP contribution < -0.4 is 19.9 Å². The number of aryl methyl sites for hydroxylation is 1. The van der Waals surface area contributed by atoms with Gasteiger partial charge in [-0.3, -0.25) is 9.59 Å². The molecule has 0 saturated carbocycles. The van der Waals surface area contributed by atoms with Crippen molar-refractivity contribution in [1.82, 2.24) is 9.78 Å². The van der Waals surface area contributed by atoms with Gasteiger partial charge in [-0.15, -0.1) is 0 Å². The summed E-state index contributed by atoms with van der Waals surface area (Å²) in [6.45, 7) is 0.732. The van der Waals surface area contributed by atoms with Crippen molar-refractivity contribution < 1.29 is 14.3 Å². The van der Waals surface area contributed by atoms with Gasteiger partial charge in [0.25, 0.3) is 5.56 Å². The maximum Gasteiger partial charge on any atom is 0.267 e. The van der Waals surface area contributed by atoms with Crippen molar-refractivity contribution in [2.45, 2.75) is 19.4 Å². The van der Waals surface area contributed by atoms with Gasteiger partial charge < -0.3 is 14.4 Å². The molecule has 7 heteroatoms. The van der Waals surface area contributed by atoms with Crippen LogP contribution in [0.2, 0.25) is 0 Å². The molecular formula is C22H19N3O4. The number of carbonyl (C=O) groups is 1. The summed E-state index contributed by atoms with van der Waals surface area (Å²) in [5, 5.41) is 4.42. The van der Waals surface area contributed by atoms with E-state index in [1.54, 1.807) is 11.0 Å². The van der Waals surface area contributed by atoms with E-state index >= 15 is 0 Å². The van der Waals surface area contributed by atoms with Crippen molar-refractivity contribution >= 4 is 11.6 Å². The standard InChI is InChI=1S/C22H19N3O4/c26-21-10-8-17(16-7-9-19-20(12-16)29-14-28-19)23-25(21)13-22(27)24-11-3-5-15-4-1-2-6-18(15)24/h1-2,4,6-10,12H,3,5,11,13-14H2. The topological polar surface area (TPSA) is 73.7 Å². The molecule has 0 unspecified atom stereocenters. The Hall–Kier alpha value is -3.61. The molecule has 146 valence electrons. The average molecular weight is 389 g/mol. The van der Waals surface area contributed by atoms with Gasteiger partial charge in [-0.05, 0) is 48.7 Å². The van der Waals surface area contributed by atoms with Crippen LogP contribution in [0.4, 0.5) is 5.69 Å². The third-order valence-electron chi connectivity index (χ3n) is 5.23. The maximum atomic E-state index is 13.0. The van der Waals surface area contributed by atoms with Gasteiger partial charge in [0.2, 0.25) is 12.7 Å². The van der Waals surface area contributed by atoms with Crippen molar-refractivity contribution in [2.24, 2.45) is 0 Å². The summed E-state index contributed by atoms with van der Waals surface area (Å²) >= 11 is 0. The molecule has 7 nitrogen and oxygen atoms in total. The summed E-state index contributed by atoms with van der Waals surface area (Å²) in [4.78, 5) is 27.1. The van der Waals surface area contributed by atoms with Gasteiger partial charge in [-0.25, -0.2) is 4.68 Å². The van der Waals surface area contributed by atoms with E-state index in [4.69, 9.17) is 9.47 Å². The number of nitrogens with zero attached hydrogens (tertiary/aromatic N) is 3. The Balaban J connectivity index is 1.43. The molecule has 5 rings (SSSR count). The Kier molecular flexibility index (Phi) is 4.27. The van der Waals surface area contributed by atoms with E-state index in [0.29, 0.717) is 23.7 Å². The maximum absolute atomic E-state index is 13.0. The van der Waals surface area contributed by atoms with Crippen LogP contribution in [-0.2, 0) is 17.8 Å². The smallest absolute Gasteiger partial charge is 0.267 e. The first-order valence-electron chi connectivity index (χ1n) is 9.55. The number of hydrogen-bond acceptors (Lipinski definition) is 5. The fourth-order valence-corrected chi connectivity index (χ4v) is 3.78. The highest BCUT2D eigenvalue weighted by Crippen LogP contribution is 2.35. The lowest BCUT2D eigenvalue weighted by Crippen LogP contribution is -2.40. The molecule has 2 aromatic carbocycles. The SMILES string of the molecule is O=C(Cn1nc(-c2ccc3c(c2)OCO3)ccc1=O)N1CCCc2ccccc21. The highest BCUT2D eigenvalue weighted by atomic mass is 16.7. The predicted molar refractivity (Wildman–Crippen MR) is 107 cm³/mol. The number of hydrogen-bond donors (Lipinski definition) is 0. The molecule has 0 bridgehead atoms. The quantitative estimate of drug-likeness (QED) is 0.689. The first-order chi connectivity index (χ1) is 14.2. The van der Waals surface area contributed by atoms with Crippen molar-refractivity contribution in [2.75, 3.05) is 18.2 Å². The zero-order valence-corrected chi connectivity index (χ0v) is 15.7. The van der Waals surface area contributed by atoms with Crippen LogP contribution in [-0.4, -0.2) is 29.0 Å². The fourth-order valence-electron chi connectivity index (χ4n) is 3.78. The Bertz CT molecular complexity index is 1150. The minimum atomic E-state index is -0.312. The van der Waals surface area contributed by atoms with Crippen LogP contribution in [0, 0.1) is 0 Å². The number of amides is 1. The van der Waals surface area contributed by atoms with E-state index in [-0.39, 0.29) is 24.8 Å². The number of carbonyl (C=O) groups excluding carboxylic acids is 1. The average Bonchev–Trinajstić information content (AvgIpc) is 3.22. The number of rotatable bonds is 3. The van der Waals surface area contributed by atoms with Gasteiger partial charge in [0.15, 0.2) is 11.5 Å². The van der Waals surface area contributed by atoms with E-state index in [9.17, 15) is 9.59 Å². The van der Waals surface area contributed by atoms with Crippen LogP contribution >= 0.6 is 0 Å². The van der Waals surface area contributed by atoms with Crippen molar-refractivity contribution in [3.05, 3.63) is 70.5 Å². The highest BCUT2D eigenvalue weighted by molar-refractivity contribution is 5.94. The lowest BCUT2D eigenvalue weighted by atomic mass is 10.0. The molecule has 0 radical (unpaired) electrons. The molecule has 0 spiro atoms. The number of para-hydroxylation sites is 1. The molecular weight excluding hydrogens is 370 g/mol. The van der Waals surface area contributed by atoms with E-state index < -0.39 is 0 Å². The summed E-state index contributed by atoms with van der Waals surface area (Å²) in [5.74, 6) is 1.18. The lowest BCUT2D eigenvalue weighted by molar-refractivity contribution is -0.119. The van der Waals surface area contributed by atoms with Gasteiger partial charge in [0, 0.05) is 23.9 Å². The van der Waals surface area contributed by atoms with Crippen molar-refractivity contribution in [3.8, 4) is 22.8 Å². The van der Waals surface area contributed by atoms with Crippen LogP contribution in [0.15, 0.2) is 59.4 Å². The number of aromatic nitrogens is 2. The summed E-state index contributed by atoms with van der Waals surface area (Å²) in [7, 11) is 0. The zero-order chi connectivity index (χ0) is 19.8. The molecule has 1 amide bonds. The van der Waals surface area contributed by atoms with Gasteiger partial charge in [0.1, 0.15) is 6.54 Å². The largest absolute Gasteiger partial charge is 0.454 e. The summed E-state index contributed by atoms with van der Waals surface area (Å²) in [5.41, 5.74) is 3.15. The van der Waals surface area contributed by atoms with Gasteiger partial charge in [0.05, 0.1) is 5.69 Å². The number of ether oxygens (including phenoxy) is 2. The molecule has 0 fully saturated rings. The lowest BCUT2D eigenvalue weighted by Gasteiger charge is -2.29. The third kappa shape index (κ3) is 3.24. The van der Waals surface area contributed by atoms with Crippen LogP contribution in [0.3, 0.4) is 0 Å². The van der Waals surface area contributed by atoms with Crippen LogP contribution in [0.5, 0.6) is 11.5 Å². The third-order valence-corrected chi connectivity index (χ3v) is 5.23. The number of anilines is 1. The summed E-state index contributed by atoms with van der Waals surface area (Å²) < 4.78 is 12.0. The minimum absolute atomic E-state index is 0.106. The summed E-state index contributed by atoms with van der Waals surface area (Å²) in [6, 6.07) is 16.5. The first-order valence-corrected chi connectivity index (χ1v) is 9.55. The molecule has 2 aliphatic rings. The molecule has 0 aliphatic carbocycles. The van der Waals surface area contributed by atoms with E-state index in [0.717, 1.165) is 29.7 Å². The Morgan fingerprint density at radius 2 is 1.90 bits per heavy atom. The minimum Gasteiger partial charge on any atom is -0.454 e. The van der Waals surface area contributed by atoms with Crippen molar-refractivity contribution in [1.29, 1.82) is 0 Å². The van der Waals surface area contributed by atoms with E-state index in [1.807, 2.05) is 42.5 Å². The second-order valence-electron chi connectivity index (χ2n) is 7.06. The molecule has 3 heterocycles. The molecule has 0 atom stereocenters. The highest BCUT2D eigenvalue weighted by Gasteiger charge is 2.23. The van der Waals surface area contributed by atoms with Crippen LogP contribution in [0.25, 0.3) is 11.3 Å². The van der Waals surface area contributed by atoms with Gasteiger partial charge in [-0.2, -0.15) is 5.10 Å².